The molecule has 9 nitrogen and oxygen atoms in total. The molecule has 3 aromatic heterocycles. The van der Waals surface area contributed by atoms with E-state index in [-0.39, 0.29) is 11.8 Å². The van der Waals surface area contributed by atoms with Crippen LogP contribution >= 0.6 is 11.6 Å². The average Bonchev–Trinajstić information content (AvgIpc) is 3.63. The third-order valence-corrected chi connectivity index (χ3v) is 8.37. The van der Waals surface area contributed by atoms with Gasteiger partial charge in [0.05, 0.1) is 30.5 Å². The van der Waals surface area contributed by atoms with Gasteiger partial charge in [0, 0.05) is 55.3 Å². The van der Waals surface area contributed by atoms with Crippen LogP contribution in [0.25, 0.3) is 22.2 Å². The number of carbonyl (C=O) groups excluding carboxylic acids is 2. The van der Waals surface area contributed by atoms with Crippen LogP contribution in [-0.4, -0.2) is 60.7 Å². The molecule has 2 aliphatic heterocycles. The lowest BCUT2D eigenvalue weighted by Crippen LogP contribution is -2.53. The summed E-state index contributed by atoms with van der Waals surface area (Å²) in [5.41, 5.74) is 6.79. The SMILES string of the molecule is CN1C(=O)[C@@H](N2CCc3c(nn(Cc4ccccc4)c3Cl)C2=O)Cc2c[nH]c3cc(-c4cncn4C)cc1c23. The van der Waals surface area contributed by atoms with Gasteiger partial charge in [-0.05, 0) is 29.7 Å². The highest BCUT2D eigenvalue weighted by atomic mass is 35.5. The van der Waals surface area contributed by atoms with Gasteiger partial charge in [-0.1, -0.05) is 41.9 Å². The maximum Gasteiger partial charge on any atom is 0.275 e. The third-order valence-electron chi connectivity index (χ3n) is 7.94. The van der Waals surface area contributed by atoms with Crippen LogP contribution in [0, 0.1) is 0 Å². The Bertz CT molecular complexity index is 1770. The lowest BCUT2D eigenvalue weighted by molar-refractivity contribution is -0.122. The Morgan fingerprint density at radius 1 is 1.13 bits per heavy atom. The van der Waals surface area contributed by atoms with Gasteiger partial charge in [-0.15, -0.1) is 0 Å². The van der Waals surface area contributed by atoms with Gasteiger partial charge in [0.1, 0.15) is 11.2 Å². The molecule has 0 saturated carbocycles. The summed E-state index contributed by atoms with van der Waals surface area (Å²) in [6.45, 7) is 0.873. The number of fused-ring (bicyclic) bond motifs is 1. The molecular formula is C29H26ClN7O2. The van der Waals surface area contributed by atoms with Crippen LogP contribution in [0.2, 0.25) is 5.15 Å². The van der Waals surface area contributed by atoms with E-state index in [2.05, 4.69) is 21.1 Å². The molecule has 196 valence electrons. The quantitative estimate of drug-likeness (QED) is 0.373. The summed E-state index contributed by atoms with van der Waals surface area (Å²) in [7, 11) is 3.73. The third kappa shape index (κ3) is 3.68. The van der Waals surface area contributed by atoms with Crippen LogP contribution in [0.15, 0.2) is 61.2 Å². The zero-order valence-corrected chi connectivity index (χ0v) is 22.3. The summed E-state index contributed by atoms with van der Waals surface area (Å²) in [5.74, 6) is -0.383. The van der Waals surface area contributed by atoms with Crippen molar-refractivity contribution in [2.75, 3.05) is 18.5 Å². The highest BCUT2D eigenvalue weighted by Crippen LogP contribution is 2.39. The van der Waals surface area contributed by atoms with E-state index in [4.69, 9.17) is 11.6 Å². The fraction of sp³-hybridized carbons (Fsp3) is 0.241. The number of halogens is 1. The molecule has 0 bridgehead atoms. The molecule has 0 fully saturated rings. The number of rotatable bonds is 4. The van der Waals surface area contributed by atoms with E-state index in [9.17, 15) is 9.59 Å². The van der Waals surface area contributed by atoms with Crippen molar-refractivity contribution in [2.24, 2.45) is 7.05 Å². The molecule has 0 saturated heterocycles. The first-order valence-corrected chi connectivity index (χ1v) is 13.3. The molecule has 2 aromatic carbocycles. The molecule has 2 amide bonds. The fourth-order valence-corrected chi connectivity index (χ4v) is 6.19. The summed E-state index contributed by atoms with van der Waals surface area (Å²) in [6, 6.07) is 13.3. The highest BCUT2D eigenvalue weighted by molar-refractivity contribution is 6.31. The molecule has 39 heavy (non-hydrogen) atoms. The van der Waals surface area contributed by atoms with E-state index in [1.54, 1.807) is 27.9 Å². The zero-order chi connectivity index (χ0) is 26.8. The van der Waals surface area contributed by atoms with Gasteiger partial charge >= 0.3 is 0 Å². The fourth-order valence-electron chi connectivity index (χ4n) is 5.91. The van der Waals surface area contributed by atoms with Crippen molar-refractivity contribution < 1.29 is 9.59 Å². The van der Waals surface area contributed by atoms with Crippen LogP contribution < -0.4 is 4.90 Å². The minimum atomic E-state index is -0.653. The number of imidazole rings is 1. The van der Waals surface area contributed by atoms with Crippen LogP contribution in [0.3, 0.4) is 0 Å². The standard InChI is InChI=1S/C29H26ClN7O2/c1-34-16-31-14-24(34)18-10-21-25-19(13-32-21)12-23(28(38)35(2)22(25)11-18)36-9-8-20-26(29(36)39)33-37(27(20)30)15-17-6-4-3-5-7-17/h3-7,10-11,13-14,16,23,32H,8-9,12,15H2,1-2H3/t23-/m0/s1. The Hall–Kier alpha value is -4.37. The van der Waals surface area contributed by atoms with Crippen molar-refractivity contribution in [3.8, 4) is 11.3 Å². The molecule has 0 spiro atoms. The second-order valence-corrected chi connectivity index (χ2v) is 10.6. The van der Waals surface area contributed by atoms with Crippen LogP contribution in [0.5, 0.6) is 0 Å². The lowest BCUT2D eigenvalue weighted by atomic mass is 10.00. The van der Waals surface area contributed by atoms with Crippen molar-refractivity contribution in [3.05, 3.63) is 88.7 Å². The number of nitrogens with one attached hydrogen (secondary N) is 1. The van der Waals surface area contributed by atoms with Crippen LogP contribution in [0.4, 0.5) is 5.69 Å². The maximum atomic E-state index is 13.9. The number of anilines is 1. The van der Waals surface area contributed by atoms with E-state index in [0.717, 1.165) is 44.5 Å². The highest BCUT2D eigenvalue weighted by Gasteiger charge is 2.41. The number of aromatic amines is 1. The van der Waals surface area contributed by atoms with Gasteiger partial charge in [0.15, 0.2) is 5.69 Å². The minimum absolute atomic E-state index is 0.124. The first-order valence-electron chi connectivity index (χ1n) is 12.9. The summed E-state index contributed by atoms with van der Waals surface area (Å²) in [5, 5.41) is 6.09. The summed E-state index contributed by atoms with van der Waals surface area (Å²) < 4.78 is 3.63. The monoisotopic (exact) mass is 539 g/mol. The molecule has 1 atom stereocenters. The Morgan fingerprint density at radius 3 is 2.72 bits per heavy atom. The summed E-state index contributed by atoms with van der Waals surface area (Å²) >= 11 is 6.68. The molecule has 1 N–H and O–H groups in total. The molecule has 5 heterocycles. The predicted octanol–water partition coefficient (Wildman–Crippen LogP) is 4.05. The number of likely N-dealkylation sites (N-methyl/N-ethyl adjacent to an activating group) is 1. The predicted molar refractivity (Wildman–Crippen MR) is 149 cm³/mol. The second-order valence-electron chi connectivity index (χ2n) is 10.2. The minimum Gasteiger partial charge on any atom is -0.361 e. The molecule has 0 unspecified atom stereocenters. The molecule has 0 aliphatic carbocycles. The van der Waals surface area contributed by atoms with Gasteiger partial charge in [-0.3, -0.25) is 9.59 Å². The first kappa shape index (κ1) is 23.7. The Labute approximate surface area is 229 Å². The molecular weight excluding hydrogens is 514 g/mol. The van der Waals surface area contributed by atoms with Crippen LogP contribution in [0.1, 0.15) is 27.2 Å². The van der Waals surface area contributed by atoms with Crippen molar-refractivity contribution in [3.63, 3.8) is 0 Å². The van der Waals surface area contributed by atoms with E-state index in [1.807, 2.05) is 60.4 Å². The molecule has 10 heteroatoms. The summed E-state index contributed by atoms with van der Waals surface area (Å²) in [4.78, 5) is 38.7. The Morgan fingerprint density at radius 2 is 1.95 bits per heavy atom. The van der Waals surface area contributed by atoms with Gasteiger partial charge in [0.25, 0.3) is 5.91 Å². The number of carbonyl (C=O) groups is 2. The largest absolute Gasteiger partial charge is 0.361 e. The smallest absolute Gasteiger partial charge is 0.275 e. The number of benzene rings is 2. The normalized spacial score (nSPS) is 17.2. The van der Waals surface area contributed by atoms with Gasteiger partial charge in [-0.2, -0.15) is 5.10 Å². The van der Waals surface area contributed by atoms with Gasteiger partial charge in [-0.25, -0.2) is 9.67 Å². The molecule has 7 rings (SSSR count). The number of aryl methyl sites for hydroxylation is 1. The number of hydrogen-bond donors (Lipinski definition) is 1. The topological polar surface area (TPSA) is 92.1 Å². The number of H-pyrrole nitrogens is 1. The first-order chi connectivity index (χ1) is 18.9. The number of amides is 2. The van der Waals surface area contributed by atoms with Gasteiger partial charge in [0.2, 0.25) is 5.91 Å². The van der Waals surface area contributed by atoms with Crippen molar-refractivity contribution in [1.82, 2.24) is 29.2 Å². The molecule has 2 aliphatic rings. The zero-order valence-electron chi connectivity index (χ0n) is 21.6. The van der Waals surface area contributed by atoms with E-state index in [1.165, 1.54) is 0 Å². The van der Waals surface area contributed by atoms with Crippen molar-refractivity contribution in [2.45, 2.75) is 25.4 Å². The Balaban J connectivity index is 1.23. The Kier molecular flexibility index (Phi) is 5.38. The lowest BCUT2D eigenvalue weighted by Gasteiger charge is -2.34. The second kappa shape index (κ2) is 8.84. The average molecular weight is 540 g/mol. The maximum absolute atomic E-state index is 13.9. The number of aromatic nitrogens is 5. The van der Waals surface area contributed by atoms with Crippen LogP contribution in [-0.2, 0) is 31.2 Å². The summed E-state index contributed by atoms with van der Waals surface area (Å²) in [6.07, 6.45) is 6.48. The van der Waals surface area contributed by atoms with E-state index >= 15 is 0 Å². The van der Waals surface area contributed by atoms with E-state index in [0.29, 0.717) is 36.8 Å². The van der Waals surface area contributed by atoms with Crippen molar-refractivity contribution >= 4 is 40.0 Å². The number of hydrogen-bond acceptors (Lipinski definition) is 4. The van der Waals surface area contributed by atoms with Crippen molar-refractivity contribution in [1.29, 1.82) is 0 Å². The molecule has 5 aromatic rings. The van der Waals surface area contributed by atoms with Gasteiger partial charge < -0.3 is 19.4 Å². The molecule has 0 radical (unpaired) electrons. The number of nitrogens with zero attached hydrogens (tertiary/aromatic N) is 6. The van der Waals surface area contributed by atoms with E-state index < -0.39 is 6.04 Å².